The van der Waals surface area contributed by atoms with Gasteiger partial charge in [0.05, 0.1) is 11.2 Å². The van der Waals surface area contributed by atoms with Crippen molar-refractivity contribution in [2.45, 2.75) is 20.4 Å². The van der Waals surface area contributed by atoms with Crippen LogP contribution in [-0.4, -0.2) is 20.8 Å². The molecule has 1 N–H and O–H groups in total. The lowest BCUT2D eigenvalue weighted by molar-refractivity contribution is -0.112. The highest BCUT2D eigenvalue weighted by atomic mass is 19.1. The number of nitrogens with zero attached hydrogens (tertiary/aromatic N) is 2. The Bertz CT molecular complexity index is 1270. The van der Waals surface area contributed by atoms with Crippen LogP contribution in [0.25, 0.3) is 22.0 Å². The number of carbonyl (C=O) groups is 2. The Morgan fingerprint density at radius 1 is 1.07 bits per heavy atom. The lowest BCUT2D eigenvalue weighted by Crippen LogP contribution is -2.26. The van der Waals surface area contributed by atoms with Gasteiger partial charge in [-0.05, 0) is 43.7 Å². The van der Waals surface area contributed by atoms with Crippen LogP contribution in [0.5, 0.6) is 0 Å². The van der Waals surface area contributed by atoms with Crippen LogP contribution < -0.4 is 5.32 Å². The minimum atomic E-state index is -0.874. The molecule has 0 aliphatic heterocycles. The number of nitrogens with one attached hydrogen (secondary N) is 1. The molecular formula is C24H22FN3O2. The number of benzene rings is 2. The summed E-state index contributed by atoms with van der Waals surface area (Å²) >= 11 is 0. The summed E-state index contributed by atoms with van der Waals surface area (Å²) in [6.07, 6.45) is 1.80. The van der Waals surface area contributed by atoms with Gasteiger partial charge in [0.25, 0.3) is 11.7 Å². The molecule has 2 heterocycles. The van der Waals surface area contributed by atoms with Crippen molar-refractivity contribution in [3.8, 4) is 11.1 Å². The fourth-order valence-electron chi connectivity index (χ4n) is 3.74. The van der Waals surface area contributed by atoms with E-state index in [2.05, 4.69) is 5.32 Å². The number of anilines is 1. The van der Waals surface area contributed by atoms with Crippen molar-refractivity contribution in [2.75, 3.05) is 5.32 Å². The van der Waals surface area contributed by atoms with Crippen LogP contribution in [-0.2, 0) is 18.4 Å². The first-order valence-electron chi connectivity index (χ1n) is 9.77. The molecule has 4 aromatic rings. The summed E-state index contributed by atoms with van der Waals surface area (Å²) in [6, 6.07) is 16.2. The number of hydrogen-bond acceptors (Lipinski definition) is 2. The van der Waals surface area contributed by atoms with E-state index in [0.717, 1.165) is 16.8 Å². The number of ketones is 1. The lowest BCUT2D eigenvalue weighted by Gasteiger charge is -2.10. The van der Waals surface area contributed by atoms with Gasteiger partial charge in [-0.1, -0.05) is 30.3 Å². The van der Waals surface area contributed by atoms with Gasteiger partial charge >= 0.3 is 0 Å². The standard InChI is InChI=1S/C24H22FN3O2/c1-4-28-13-12-17-20(28)11-10-19(21(17)25)26-24(30)23(29)22-18(14-15(2)27(22)3)16-8-6-5-7-9-16/h5-14H,4H2,1-3H3,(H,26,30). The number of carbonyl (C=O) groups excluding carboxylic acids is 2. The number of fused-ring (bicyclic) bond motifs is 1. The van der Waals surface area contributed by atoms with E-state index in [1.165, 1.54) is 6.07 Å². The fraction of sp³-hybridized carbons (Fsp3) is 0.167. The van der Waals surface area contributed by atoms with Gasteiger partial charge < -0.3 is 14.5 Å². The second-order valence-corrected chi connectivity index (χ2v) is 7.22. The quantitative estimate of drug-likeness (QED) is 0.379. The van der Waals surface area contributed by atoms with Crippen LogP contribution in [0.3, 0.4) is 0 Å². The molecule has 2 aromatic carbocycles. The van der Waals surface area contributed by atoms with Crippen LogP contribution in [0.15, 0.2) is 60.8 Å². The molecule has 0 unspecified atom stereocenters. The normalized spacial score (nSPS) is 11.1. The Labute approximate surface area is 173 Å². The average Bonchev–Trinajstić information content (AvgIpc) is 3.31. The topological polar surface area (TPSA) is 56.0 Å². The summed E-state index contributed by atoms with van der Waals surface area (Å²) in [5, 5.41) is 2.86. The average molecular weight is 403 g/mol. The van der Waals surface area contributed by atoms with E-state index < -0.39 is 17.5 Å². The molecule has 0 radical (unpaired) electrons. The summed E-state index contributed by atoms with van der Waals surface area (Å²) in [4.78, 5) is 25.8. The molecular weight excluding hydrogens is 381 g/mol. The highest BCUT2D eigenvalue weighted by molar-refractivity contribution is 6.47. The molecule has 4 rings (SSSR count). The first-order valence-corrected chi connectivity index (χ1v) is 9.77. The smallest absolute Gasteiger partial charge is 0.298 e. The summed E-state index contributed by atoms with van der Waals surface area (Å²) < 4.78 is 18.5. The highest BCUT2D eigenvalue weighted by Gasteiger charge is 2.26. The maximum Gasteiger partial charge on any atom is 0.298 e. The lowest BCUT2D eigenvalue weighted by atomic mass is 10.0. The molecule has 0 saturated carbocycles. The van der Waals surface area contributed by atoms with Gasteiger partial charge in [0.1, 0.15) is 5.69 Å². The molecule has 5 nitrogen and oxygen atoms in total. The van der Waals surface area contributed by atoms with E-state index in [4.69, 9.17) is 0 Å². The van der Waals surface area contributed by atoms with E-state index in [-0.39, 0.29) is 11.4 Å². The van der Waals surface area contributed by atoms with Gasteiger partial charge in [-0.25, -0.2) is 4.39 Å². The molecule has 0 bridgehead atoms. The molecule has 0 aliphatic carbocycles. The second-order valence-electron chi connectivity index (χ2n) is 7.22. The fourth-order valence-corrected chi connectivity index (χ4v) is 3.74. The summed E-state index contributed by atoms with van der Waals surface area (Å²) in [6.45, 7) is 4.55. The maximum atomic E-state index is 14.9. The van der Waals surface area contributed by atoms with E-state index in [9.17, 15) is 14.0 Å². The van der Waals surface area contributed by atoms with Crippen molar-refractivity contribution in [2.24, 2.45) is 7.05 Å². The molecule has 0 aliphatic rings. The van der Waals surface area contributed by atoms with Crippen LogP contribution >= 0.6 is 0 Å². The Kier molecular flexibility index (Phi) is 4.99. The Balaban J connectivity index is 1.68. The molecule has 2 aromatic heterocycles. The van der Waals surface area contributed by atoms with E-state index in [1.807, 2.05) is 54.8 Å². The molecule has 0 fully saturated rings. The Hall–Kier alpha value is -3.67. The summed E-state index contributed by atoms with van der Waals surface area (Å²) in [5.41, 5.74) is 3.36. The number of rotatable bonds is 5. The van der Waals surface area contributed by atoms with E-state index in [0.29, 0.717) is 17.5 Å². The van der Waals surface area contributed by atoms with Crippen molar-refractivity contribution < 1.29 is 14.0 Å². The summed E-state index contributed by atoms with van der Waals surface area (Å²) in [7, 11) is 1.74. The predicted octanol–water partition coefficient (Wildman–Crippen LogP) is 4.94. The van der Waals surface area contributed by atoms with Gasteiger partial charge in [0, 0.05) is 36.4 Å². The van der Waals surface area contributed by atoms with Crippen molar-refractivity contribution in [3.63, 3.8) is 0 Å². The van der Waals surface area contributed by atoms with Crippen LogP contribution in [0, 0.1) is 12.7 Å². The van der Waals surface area contributed by atoms with Crippen molar-refractivity contribution in [1.82, 2.24) is 9.13 Å². The van der Waals surface area contributed by atoms with Gasteiger partial charge in [0.15, 0.2) is 5.82 Å². The predicted molar refractivity (Wildman–Crippen MR) is 116 cm³/mol. The maximum absolute atomic E-state index is 14.9. The molecule has 1 amide bonds. The van der Waals surface area contributed by atoms with Crippen molar-refractivity contribution in [1.29, 1.82) is 0 Å². The van der Waals surface area contributed by atoms with Gasteiger partial charge in [0.2, 0.25) is 0 Å². The minimum Gasteiger partial charge on any atom is -0.348 e. The van der Waals surface area contributed by atoms with Crippen LogP contribution in [0.1, 0.15) is 23.1 Å². The minimum absolute atomic E-state index is 0.0121. The largest absolute Gasteiger partial charge is 0.348 e. The van der Waals surface area contributed by atoms with E-state index in [1.54, 1.807) is 29.9 Å². The Morgan fingerprint density at radius 2 is 1.80 bits per heavy atom. The highest BCUT2D eigenvalue weighted by Crippen LogP contribution is 2.29. The Morgan fingerprint density at radius 3 is 2.50 bits per heavy atom. The molecule has 30 heavy (non-hydrogen) atoms. The molecule has 0 saturated heterocycles. The summed E-state index contributed by atoms with van der Waals surface area (Å²) in [5.74, 6) is -2.14. The zero-order valence-corrected chi connectivity index (χ0v) is 17.1. The van der Waals surface area contributed by atoms with E-state index >= 15 is 0 Å². The zero-order valence-electron chi connectivity index (χ0n) is 17.1. The zero-order chi connectivity index (χ0) is 21.4. The van der Waals surface area contributed by atoms with Gasteiger partial charge in [-0.2, -0.15) is 0 Å². The van der Waals surface area contributed by atoms with Gasteiger partial charge in [-0.15, -0.1) is 0 Å². The number of aryl methyl sites for hydroxylation is 2. The third-order valence-electron chi connectivity index (χ3n) is 5.46. The van der Waals surface area contributed by atoms with Gasteiger partial charge in [-0.3, -0.25) is 9.59 Å². The van der Waals surface area contributed by atoms with Crippen molar-refractivity contribution >= 4 is 28.3 Å². The van der Waals surface area contributed by atoms with Crippen LogP contribution in [0.2, 0.25) is 0 Å². The molecule has 0 spiro atoms. The number of halogens is 1. The molecule has 6 heteroatoms. The monoisotopic (exact) mass is 403 g/mol. The first-order chi connectivity index (χ1) is 14.4. The number of aromatic nitrogens is 2. The third kappa shape index (κ3) is 3.20. The number of Topliss-reactive ketones (excluding diaryl/α,β-unsaturated/α-hetero) is 1. The molecule has 0 atom stereocenters. The molecule has 152 valence electrons. The second kappa shape index (κ2) is 7.63. The first kappa shape index (κ1) is 19.6. The third-order valence-corrected chi connectivity index (χ3v) is 5.46. The van der Waals surface area contributed by atoms with Crippen LogP contribution in [0.4, 0.5) is 10.1 Å². The number of amides is 1. The van der Waals surface area contributed by atoms with Crippen molar-refractivity contribution in [3.05, 3.63) is 78.0 Å². The SMILES string of the molecule is CCn1ccc2c(F)c(NC(=O)C(=O)c3c(-c4ccccc4)cc(C)n3C)ccc21. The number of hydrogen-bond donors (Lipinski definition) is 1.